The molecule has 2 heterocycles. The van der Waals surface area contributed by atoms with Crippen LogP contribution in [0.4, 0.5) is 0 Å². The summed E-state index contributed by atoms with van der Waals surface area (Å²) < 4.78 is 6.27. The van der Waals surface area contributed by atoms with E-state index in [4.69, 9.17) is 27.9 Å². The van der Waals surface area contributed by atoms with E-state index in [1.807, 2.05) is 13.8 Å². The Kier molecular flexibility index (Phi) is 6.00. The first-order valence-corrected chi connectivity index (χ1v) is 12.5. The zero-order valence-corrected chi connectivity index (χ0v) is 21.9. The Labute approximate surface area is 209 Å². The number of Topliss-reactive ketones (excluding diaryl/α,β-unsaturated/α-hetero) is 2. The summed E-state index contributed by atoms with van der Waals surface area (Å²) in [5.74, 6) is -1.24. The minimum atomic E-state index is -1.84. The fourth-order valence-electron chi connectivity index (χ4n) is 5.85. The number of aromatic nitrogens is 2. The topological polar surface area (TPSA) is 110 Å². The van der Waals surface area contributed by atoms with Gasteiger partial charge in [0.05, 0.1) is 22.7 Å². The highest BCUT2D eigenvalue weighted by atomic mass is 35.5. The minimum absolute atomic E-state index is 0.0153. The van der Waals surface area contributed by atoms with Crippen LogP contribution in [0.3, 0.4) is 0 Å². The van der Waals surface area contributed by atoms with Gasteiger partial charge in [0.2, 0.25) is 0 Å². The van der Waals surface area contributed by atoms with Crippen molar-refractivity contribution in [2.24, 2.45) is 11.3 Å². The monoisotopic (exact) mass is 510 g/mol. The number of hydrogen-bond acceptors (Lipinski definition) is 7. The Hall–Kier alpha value is -1.54. The average Bonchev–Trinajstić information content (AvgIpc) is 2.74. The molecule has 186 valence electrons. The molecule has 4 rings (SSSR count). The molecule has 1 aliphatic heterocycles. The van der Waals surface area contributed by atoms with Crippen molar-refractivity contribution in [3.05, 3.63) is 34.3 Å². The first-order valence-electron chi connectivity index (χ1n) is 11.6. The quantitative estimate of drug-likeness (QED) is 0.460. The summed E-state index contributed by atoms with van der Waals surface area (Å²) in [4.78, 5) is 26.0. The summed E-state index contributed by atoms with van der Waals surface area (Å²) in [7, 11) is 0. The van der Waals surface area contributed by atoms with Crippen LogP contribution in [0.25, 0.3) is 0 Å². The van der Waals surface area contributed by atoms with Crippen molar-refractivity contribution in [3.63, 3.8) is 0 Å². The molecule has 1 fully saturated rings. The van der Waals surface area contributed by atoms with Gasteiger partial charge in [-0.25, -0.2) is 0 Å². The van der Waals surface area contributed by atoms with E-state index in [1.54, 1.807) is 20.8 Å². The fraction of sp³-hybridized carbons (Fsp3) is 0.680. The van der Waals surface area contributed by atoms with E-state index in [0.717, 1.165) is 0 Å². The number of allylic oxidation sites excluding steroid dienone is 1. The van der Waals surface area contributed by atoms with Gasteiger partial charge in [0.25, 0.3) is 0 Å². The maximum Gasteiger partial charge on any atom is 0.195 e. The highest BCUT2D eigenvalue weighted by Gasteiger charge is 2.58. The molecule has 1 aromatic heterocycles. The first kappa shape index (κ1) is 25.5. The molecule has 7 nitrogen and oxygen atoms in total. The van der Waals surface area contributed by atoms with Gasteiger partial charge in [0.1, 0.15) is 22.7 Å². The number of alkyl halides is 2. The molecular weight excluding hydrogens is 479 g/mol. The predicted molar refractivity (Wildman–Crippen MR) is 128 cm³/mol. The van der Waals surface area contributed by atoms with Gasteiger partial charge in [0, 0.05) is 23.4 Å². The Bertz CT molecular complexity index is 1100. The Morgan fingerprint density at radius 2 is 1.82 bits per heavy atom. The Morgan fingerprint density at radius 1 is 1.18 bits per heavy atom. The van der Waals surface area contributed by atoms with E-state index in [-0.39, 0.29) is 46.4 Å². The summed E-state index contributed by atoms with van der Waals surface area (Å²) in [6.45, 7) is 10.6. The SMILES string of the molecule is CC(=O)c1nncc2c1C(=O)C1=C(OC(C)(C)[C@H](Cl)C1)[C@]2(O)CC1C(C)(C)[C@@H](Cl)CC[C@]1(C)O. The van der Waals surface area contributed by atoms with Crippen LogP contribution in [0.1, 0.15) is 93.6 Å². The summed E-state index contributed by atoms with van der Waals surface area (Å²) in [6.07, 6.45) is 2.59. The third-order valence-corrected chi connectivity index (χ3v) is 9.60. The van der Waals surface area contributed by atoms with E-state index in [9.17, 15) is 19.8 Å². The highest BCUT2D eigenvalue weighted by molar-refractivity contribution is 6.23. The molecule has 9 heteroatoms. The number of aliphatic hydroxyl groups is 2. The third kappa shape index (κ3) is 3.71. The number of halogens is 2. The number of nitrogens with zero attached hydrogens (tertiary/aromatic N) is 2. The zero-order chi connectivity index (χ0) is 25.4. The number of carbonyl (C=O) groups excluding carboxylic acids is 2. The Morgan fingerprint density at radius 3 is 2.44 bits per heavy atom. The van der Waals surface area contributed by atoms with Crippen LogP contribution in [-0.4, -0.2) is 53.9 Å². The van der Waals surface area contributed by atoms with Crippen LogP contribution in [-0.2, 0) is 10.3 Å². The fourth-order valence-corrected chi connectivity index (χ4v) is 6.31. The molecule has 1 saturated carbocycles. The first-order chi connectivity index (χ1) is 15.5. The lowest BCUT2D eigenvalue weighted by atomic mass is 9.57. The number of ketones is 2. The molecule has 34 heavy (non-hydrogen) atoms. The van der Waals surface area contributed by atoms with Crippen molar-refractivity contribution >= 4 is 34.8 Å². The molecule has 2 N–H and O–H groups in total. The smallest absolute Gasteiger partial charge is 0.195 e. The van der Waals surface area contributed by atoms with Gasteiger partial charge >= 0.3 is 0 Å². The number of rotatable bonds is 3. The maximum atomic E-state index is 13.6. The summed E-state index contributed by atoms with van der Waals surface area (Å²) in [5.41, 5.74) is -4.09. The molecule has 1 unspecified atom stereocenters. The van der Waals surface area contributed by atoms with Crippen LogP contribution in [0.2, 0.25) is 0 Å². The van der Waals surface area contributed by atoms with Crippen LogP contribution in [0.5, 0.6) is 0 Å². The second-order valence-corrected chi connectivity index (χ2v) is 12.4. The van der Waals surface area contributed by atoms with E-state index in [1.165, 1.54) is 13.1 Å². The van der Waals surface area contributed by atoms with Crippen molar-refractivity contribution in [3.8, 4) is 0 Å². The van der Waals surface area contributed by atoms with Crippen LogP contribution < -0.4 is 0 Å². The molecule has 0 saturated heterocycles. The molecule has 3 aliphatic rings. The predicted octanol–water partition coefficient (Wildman–Crippen LogP) is 4.31. The van der Waals surface area contributed by atoms with Crippen molar-refractivity contribution in [1.82, 2.24) is 10.2 Å². The zero-order valence-electron chi connectivity index (χ0n) is 20.4. The normalized spacial score (nSPS) is 36.4. The van der Waals surface area contributed by atoms with Gasteiger partial charge in [-0.1, -0.05) is 13.8 Å². The molecule has 0 radical (unpaired) electrons. The lowest BCUT2D eigenvalue weighted by molar-refractivity contribution is -0.136. The van der Waals surface area contributed by atoms with Crippen LogP contribution in [0.15, 0.2) is 17.5 Å². The molecule has 5 atom stereocenters. The van der Waals surface area contributed by atoms with Crippen molar-refractivity contribution in [2.75, 3.05) is 0 Å². The number of hydrogen-bond donors (Lipinski definition) is 2. The van der Waals surface area contributed by atoms with Crippen molar-refractivity contribution in [2.45, 2.75) is 94.8 Å². The molecule has 0 spiro atoms. The molecule has 0 bridgehead atoms. The average molecular weight is 511 g/mol. The van der Waals surface area contributed by atoms with Crippen molar-refractivity contribution < 1.29 is 24.5 Å². The summed E-state index contributed by atoms with van der Waals surface area (Å²) in [5, 5.41) is 31.0. The van der Waals surface area contributed by atoms with E-state index in [0.29, 0.717) is 12.8 Å². The van der Waals surface area contributed by atoms with Crippen LogP contribution in [0, 0.1) is 11.3 Å². The minimum Gasteiger partial charge on any atom is -0.487 e. The van der Waals surface area contributed by atoms with Gasteiger partial charge in [-0.3, -0.25) is 9.59 Å². The highest BCUT2D eigenvalue weighted by Crippen LogP contribution is 2.57. The standard InChI is InChI=1S/C25H32Cl2N2O5/c1-12(30)19-18-14(11-28-29-19)25(33,10-15-22(2,3)16(26)7-8-24(15,6)32)21-13(20(18)31)9-17(27)23(4,5)34-21/h11,15-17,32-33H,7-10H2,1-6H3/t15?,16-,17+,24-,25-/m0/s1. The van der Waals surface area contributed by atoms with Crippen molar-refractivity contribution in [1.29, 1.82) is 0 Å². The lowest BCUT2D eigenvalue weighted by Crippen LogP contribution is -2.56. The lowest BCUT2D eigenvalue weighted by Gasteiger charge is -2.54. The molecule has 2 aliphatic carbocycles. The van der Waals surface area contributed by atoms with Gasteiger partial charge in [0.15, 0.2) is 11.6 Å². The molecular formula is C25H32Cl2N2O5. The largest absolute Gasteiger partial charge is 0.487 e. The number of ether oxygens (including phenoxy) is 1. The van der Waals surface area contributed by atoms with Gasteiger partial charge in [-0.2, -0.15) is 5.10 Å². The molecule has 0 aromatic carbocycles. The second-order valence-electron chi connectivity index (χ2n) is 11.4. The van der Waals surface area contributed by atoms with E-state index < -0.39 is 45.1 Å². The second kappa shape index (κ2) is 7.99. The van der Waals surface area contributed by atoms with E-state index in [2.05, 4.69) is 10.2 Å². The van der Waals surface area contributed by atoms with Crippen LogP contribution >= 0.6 is 23.2 Å². The Balaban J connectivity index is 1.97. The van der Waals surface area contributed by atoms with Gasteiger partial charge < -0.3 is 14.9 Å². The number of fused-ring (bicyclic) bond motifs is 1. The summed E-state index contributed by atoms with van der Waals surface area (Å²) in [6, 6.07) is 0. The van der Waals surface area contributed by atoms with Gasteiger partial charge in [-0.05, 0) is 57.8 Å². The summed E-state index contributed by atoms with van der Waals surface area (Å²) >= 11 is 13.3. The third-order valence-electron chi connectivity index (χ3n) is 8.14. The van der Waals surface area contributed by atoms with E-state index >= 15 is 0 Å². The van der Waals surface area contributed by atoms with Gasteiger partial charge in [-0.15, -0.1) is 28.3 Å². The molecule has 1 aromatic rings. The number of carbonyl (C=O) groups is 2. The molecule has 0 amide bonds. The maximum absolute atomic E-state index is 13.6.